The van der Waals surface area contributed by atoms with Crippen LogP contribution < -0.4 is 5.32 Å². The highest BCUT2D eigenvalue weighted by Gasteiger charge is 2.06. The summed E-state index contributed by atoms with van der Waals surface area (Å²) in [5, 5.41) is 3.26. The summed E-state index contributed by atoms with van der Waals surface area (Å²) < 4.78 is 18.5. The SMILES string of the molecule is COCCNCc1cc(F)ccc1Sc1ccc(C)cc1. The molecule has 0 aliphatic heterocycles. The zero-order valence-corrected chi connectivity index (χ0v) is 13.2. The second kappa shape index (κ2) is 8.17. The molecule has 112 valence electrons. The molecule has 2 aromatic rings. The van der Waals surface area contributed by atoms with Crippen LogP contribution in [0.5, 0.6) is 0 Å². The van der Waals surface area contributed by atoms with Crippen molar-refractivity contribution in [1.29, 1.82) is 0 Å². The first-order valence-corrected chi connectivity index (χ1v) is 7.73. The molecule has 0 bridgehead atoms. The Balaban J connectivity index is 2.08. The molecule has 0 aliphatic rings. The highest BCUT2D eigenvalue weighted by Crippen LogP contribution is 2.31. The van der Waals surface area contributed by atoms with E-state index in [1.54, 1.807) is 24.9 Å². The molecule has 0 amide bonds. The summed E-state index contributed by atoms with van der Waals surface area (Å²) in [5.74, 6) is -0.202. The largest absolute Gasteiger partial charge is 0.383 e. The van der Waals surface area contributed by atoms with Crippen LogP contribution in [0.1, 0.15) is 11.1 Å². The van der Waals surface area contributed by atoms with Crippen LogP contribution in [0.2, 0.25) is 0 Å². The standard InChI is InChI=1S/C17H20FNOS/c1-13-3-6-16(7-4-13)21-17-8-5-15(18)11-14(17)12-19-9-10-20-2/h3-8,11,19H,9-10,12H2,1-2H3. The molecular formula is C17H20FNOS. The number of hydrogen-bond acceptors (Lipinski definition) is 3. The lowest BCUT2D eigenvalue weighted by molar-refractivity contribution is 0.199. The van der Waals surface area contributed by atoms with Crippen molar-refractivity contribution >= 4 is 11.8 Å². The molecule has 2 rings (SSSR count). The van der Waals surface area contributed by atoms with Gasteiger partial charge in [-0.05, 0) is 42.8 Å². The maximum atomic E-state index is 13.5. The second-order valence-electron chi connectivity index (χ2n) is 4.84. The number of nitrogens with one attached hydrogen (secondary N) is 1. The molecule has 2 nitrogen and oxygen atoms in total. The Labute approximate surface area is 129 Å². The van der Waals surface area contributed by atoms with Gasteiger partial charge in [-0.15, -0.1) is 0 Å². The first kappa shape index (κ1) is 16.0. The molecule has 0 saturated carbocycles. The smallest absolute Gasteiger partial charge is 0.123 e. The van der Waals surface area contributed by atoms with E-state index in [0.717, 1.165) is 21.9 Å². The van der Waals surface area contributed by atoms with E-state index in [1.165, 1.54) is 11.6 Å². The molecule has 0 fully saturated rings. The van der Waals surface area contributed by atoms with Gasteiger partial charge in [0, 0.05) is 30.0 Å². The molecule has 1 N–H and O–H groups in total. The van der Waals surface area contributed by atoms with E-state index < -0.39 is 0 Å². The van der Waals surface area contributed by atoms with Crippen molar-refractivity contribution < 1.29 is 9.13 Å². The molecule has 0 radical (unpaired) electrons. The zero-order valence-electron chi connectivity index (χ0n) is 12.4. The predicted octanol–water partition coefficient (Wildman–Crippen LogP) is 4.02. The van der Waals surface area contributed by atoms with Gasteiger partial charge in [0.25, 0.3) is 0 Å². The average Bonchev–Trinajstić information content (AvgIpc) is 2.48. The summed E-state index contributed by atoms with van der Waals surface area (Å²) in [6.07, 6.45) is 0. The highest BCUT2D eigenvalue weighted by atomic mass is 32.2. The van der Waals surface area contributed by atoms with E-state index in [4.69, 9.17) is 4.74 Å². The Morgan fingerprint density at radius 1 is 1.14 bits per heavy atom. The van der Waals surface area contributed by atoms with Gasteiger partial charge in [0.1, 0.15) is 5.82 Å². The van der Waals surface area contributed by atoms with Crippen molar-refractivity contribution in [2.24, 2.45) is 0 Å². The van der Waals surface area contributed by atoms with Crippen LogP contribution in [0, 0.1) is 12.7 Å². The van der Waals surface area contributed by atoms with Crippen LogP contribution in [0.15, 0.2) is 52.3 Å². The van der Waals surface area contributed by atoms with Crippen LogP contribution in [0.4, 0.5) is 4.39 Å². The van der Waals surface area contributed by atoms with Crippen LogP contribution in [0.25, 0.3) is 0 Å². The molecule has 0 saturated heterocycles. The summed E-state index contributed by atoms with van der Waals surface area (Å²) in [4.78, 5) is 2.23. The molecule has 0 aliphatic carbocycles. The van der Waals surface area contributed by atoms with Crippen molar-refractivity contribution in [3.05, 3.63) is 59.4 Å². The number of methoxy groups -OCH3 is 1. The third-order valence-corrected chi connectivity index (χ3v) is 4.20. The highest BCUT2D eigenvalue weighted by molar-refractivity contribution is 7.99. The normalized spacial score (nSPS) is 10.8. The van der Waals surface area contributed by atoms with Crippen LogP contribution in [-0.4, -0.2) is 20.3 Å². The van der Waals surface area contributed by atoms with E-state index in [9.17, 15) is 4.39 Å². The number of rotatable bonds is 7. The predicted molar refractivity (Wildman–Crippen MR) is 85.3 cm³/mol. The lowest BCUT2D eigenvalue weighted by Gasteiger charge is -2.11. The van der Waals surface area contributed by atoms with E-state index in [1.807, 2.05) is 6.07 Å². The molecule has 4 heteroatoms. The van der Waals surface area contributed by atoms with Crippen LogP contribution in [0.3, 0.4) is 0 Å². The minimum atomic E-state index is -0.202. The van der Waals surface area contributed by atoms with Crippen molar-refractivity contribution in [1.82, 2.24) is 5.32 Å². The maximum absolute atomic E-state index is 13.5. The summed E-state index contributed by atoms with van der Waals surface area (Å²) in [5.41, 5.74) is 2.21. The number of hydrogen-bond donors (Lipinski definition) is 1. The van der Waals surface area contributed by atoms with Crippen molar-refractivity contribution in [3.63, 3.8) is 0 Å². The van der Waals surface area contributed by atoms with Gasteiger partial charge >= 0.3 is 0 Å². The van der Waals surface area contributed by atoms with E-state index in [-0.39, 0.29) is 5.82 Å². The monoisotopic (exact) mass is 305 g/mol. The van der Waals surface area contributed by atoms with Gasteiger partial charge in [-0.25, -0.2) is 4.39 Å². The Morgan fingerprint density at radius 2 is 1.90 bits per heavy atom. The fourth-order valence-electron chi connectivity index (χ4n) is 1.92. The summed E-state index contributed by atoms with van der Waals surface area (Å²) >= 11 is 1.66. The third kappa shape index (κ3) is 5.16. The topological polar surface area (TPSA) is 21.3 Å². The van der Waals surface area contributed by atoms with Crippen molar-refractivity contribution in [2.45, 2.75) is 23.3 Å². The van der Waals surface area contributed by atoms with Crippen LogP contribution in [-0.2, 0) is 11.3 Å². The van der Waals surface area contributed by atoms with E-state index in [0.29, 0.717) is 13.2 Å². The maximum Gasteiger partial charge on any atom is 0.123 e. The Bertz CT molecular complexity index is 572. The molecule has 0 atom stereocenters. The average molecular weight is 305 g/mol. The fourth-order valence-corrected chi connectivity index (χ4v) is 2.84. The zero-order chi connectivity index (χ0) is 15.1. The number of ether oxygens (including phenoxy) is 1. The molecule has 0 heterocycles. The number of benzene rings is 2. The second-order valence-corrected chi connectivity index (χ2v) is 5.95. The molecule has 0 unspecified atom stereocenters. The molecule has 0 aromatic heterocycles. The van der Waals surface area contributed by atoms with Gasteiger partial charge in [-0.3, -0.25) is 0 Å². The third-order valence-electron chi connectivity index (χ3n) is 3.07. The fraction of sp³-hybridized carbons (Fsp3) is 0.294. The van der Waals surface area contributed by atoms with Crippen LogP contribution >= 0.6 is 11.8 Å². The van der Waals surface area contributed by atoms with Gasteiger partial charge < -0.3 is 10.1 Å². The van der Waals surface area contributed by atoms with Crippen molar-refractivity contribution in [2.75, 3.05) is 20.3 Å². The quantitative estimate of drug-likeness (QED) is 0.781. The lowest BCUT2D eigenvalue weighted by Crippen LogP contribution is -2.19. The molecule has 0 spiro atoms. The summed E-state index contributed by atoms with van der Waals surface area (Å²) in [6.45, 7) is 4.10. The minimum absolute atomic E-state index is 0.202. The van der Waals surface area contributed by atoms with Gasteiger partial charge in [0.05, 0.1) is 6.61 Å². The first-order valence-electron chi connectivity index (χ1n) is 6.91. The molecular weight excluding hydrogens is 285 g/mol. The van der Waals surface area contributed by atoms with Gasteiger partial charge in [-0.2, -0.15) is 0 Å². The lowest BCUT2D eigenvalue weighted by atomic mass is 10.2. The molecule has 21 heavy (non-hydrogen) atoms. The summed E-state index contributed by atoms with van der Waals surface area (Å²) in [7, 11) is 1.67. The number of halogens is 1. The summed E-state index contributed by atoms with van der Waals surface area (Å²) in [6, 6.07) is 13.3. The molecule has 2 aromatic carbocycles. The minimum Gasteiger partial charge on any atom is -0.383 e. The van der Waals surface area contributed by atoms with Gasteiger partial charge in [0.2, 0.25) is 0 Å². The Morgan fingerprint density at radius 3 is 2.62 bits per heavy atom. The van der Waals surface area contributed by atoms with E-state index in [2.05, 4.69) is 36.5 Å². The van der Waals surface area contributed by atoms with Gasteiger partial charge in [0.15, 0.2) is 0 Å². The van der Waals surface area contributed by atoms with Crippen molar-refractivity contribution in [3.8, 4) is 0 Å². The number of aryl methyl sites for hydroxylation is 1. The van der Waals surface area contributed by atoms with Gasteiger partial charge in [-0.1, -0.05) is 29.5 Å². The first-order chi connectivity index (χ1) is 10.2. The van der Waals surface area contributed by atoms with E-state index >= 15 is 0 Å². The Hall–Kier alpha value is -1.36. The Kier molecular flexibility index (Phi) is 6.23.